The molecule has 0 rings (SSSR count). The molecule has 0 aliphatic heterocycles. The average molecular weight is 194 g/mol. The van der Waals surface area contributed by atoms with Gasteiger partial charge in [-0.2, -0.15) is 0 Å². The predicted octanol–water partition coefficient (Wildman–Crippen LogP) is -0.109. The Labute approximate surface area is 79.8 Å². The van der Waals surface area contributed by atoms with Crippen LogP contribution in [0.1, 0.15) is 32.6 Å². The molecule has 0 spiro atoms. The molecule has 0 aliphatic carbocycles. The highest BCUT2D eigenvalue weighted by Crippen LogP contribution is 1.97. The third-order valence-corrected chi connectivity index (χ3v) is 1.35. The summed E-state index contributed by atoms with van der Waals surface area (Å²) in [4.78, 5) is 0. The molecular weight excluding hydrogens is 172 g/mol. The van der Waals surface area contributed by atoms with Crippen molar-refractivity contribution in [2.24, 2.45) is 0 Å². The largest absolute Gasteiger partial charge is 0.396 e. The van der Waals surface area contributed by atoms with Crippen molar-refractivity contribution in [1.29, 1.82) is 0 Å². The molecule has 0 heterocycles. The Kier molecular flexibility index (Phi) is 16.9. The fourth-order valence-electron chi connectivity index (χ4n) is 0.622. The molecule has 0 aromatic heterocycles. The fourth-order valence-corrected chi connectivity index (χ4v) is 0.622. The van der Waals surface area contributed by atoms with Crippen molar-refractivity contribution < 1.29 is 20.4 Å². The molecule has 0 saturated heterocycles. The minimum absolute atomic E-state index is 0.0938. The van der Waals surface area contributed by atoms with Crippen LogP contribution < -0.4 is 0 Å². The molecule has 82 valence electrons. The van der Waals surface area contributed by atoms with Crippen molar-refractivity contribution in [3.05, 3.63) is 0 Å². The van der Waals surface area contributed by atoms with Crippen LogP contribution in [-0.2, 0) is 0 Å². The van der Waals surface area contributed by atoms with Crippen molar-refractivity contribution in [2.45, 2.75) is 38.7 Å². The highest BCUT2D eigenvalue weighted by molar-refractivity contribution is 4.45. The SMILES string of the molecule is CC(O)CCCCO.OCCCO. The van der Waals surface area contributed by atoms with Crippen LogP contribution in [0.25, 0.3) is 0 Å². The first-order valence-electron chi connectivity index (χ1n) is 4.69. The molecule has 0 amide bonds. The minimum Gasteiger partial charge on any atom is -0.396 e. The van der Waals surface area contributed by atoms with E-state index in [0.29, 0.717) is 6.42 Å². The van der Waals surface area contributed by atoms with E-state index in [1.165, 1.54) is 0 Å². The van der Waals surface area contributed by atoms with Crippen LogP contribution in [0.3, 0.4) is 0 Å². The standard InChI is InChI=1S/C6H14O2.C3H8O2/c1-6(8)4-2-3-5-7;4-2-1-3-5/h6-8H,2-5H2,1H3;4-5H,1-3H2. The zero-order valence-corrected chi connectivity index (χ0v) is 8.32. The van der Waals surface area contributed by atoms with E-state index in [9.17, 15) is 0 Å². The lowest BCUT2D eigenvalue weighted by molar-refractivity contribution is 0.175. The van der Waals surface area contributed by atoms with Crippen LogP contribution in [0, 0.1) is 0 Å². The summed E-state index contributed by atoms with van der Waals surface area (Å²) in [7, 11) is 0. The second-order valence-electron chi connectivity index (χ2n) is 2.87. The van der Waals surface area contributed by atoms with Crippen LogP contribution in [0.5, 0.6) is 0 Å². The van der Waals surface area contributed by atoms with Gasteiger partial charge in [0.25, 0.3) is 0 Å². The van der Waals surface area contributed by atoms with Crippen molar-refractivity contribution in [2.75, 3.05) is 19.8 Å². The van der Waals surface area contributed by atoms with Gasteiger partial charge >= 0.3 is 0 Å². The number of rotatable bonds is 6. The molecule has 0 fully saturated rings. The maximum absolute atomic E-state index is 8.70. The van der Waals surface area contributed by atoms with Crippen LogP contribution in [0.15, 0.2) is 0 Å². The third-order valence-electron chi connectivity index (χ3n) is 1.35. The molecule has 0 bridgehead atoms. The highest BCUT2D eigenvalue weighted by Gasteiger charge is 1.92. The summed E-state index contributed by atoms with van der Waals surface area (Å²) in [5.41, 5.74) is 0. The number of aliphatic hydroxyl groups is 4. The highest BCUT2D eigenvalue weighted by atomic mass is 16.3. The Morgan fingerprint density at radius 1 is 0.846 bits per heavy atom. The third kappa shape index (κ3) is 24.5. The topological polar surface area (TPSA) is 80.9 Å². The van der Waals surface area contributed by atoms with Gasteiger partial charge in [0, 0.05) is 19.8 Å². The van der Waals surface area contributed by atoms with E-state index < -0.39 is 0 Å². The minimum atomic E-state index is -0.207. The van der Waals surface area contributed by atoms with Crippen LogP contribution in [0.4, 0.5) is 0 Å². The monoisotopic (exact) mass is 194 g/mol. The molecule has 0 aromatic rings. The molecule has 0 radical (unpaired) electrons. The van der Waals surface area contributed by atoms with E-state index in [4.69, 9.17) is 20.4 Å². The van der Waals surface area contributed by atoms with Crippen molar-refractivity contribution >= 4 is 0 Å². The summed E-state index contributed by atoms with van der Waals surface area (Å²) in [5, 5.41) is 32.8. The summed E-state index contributed by atoms with van der Waals surface area (Å²) in [6.07, 6.45) is 2.83. The van der Waals surface area contributed by atoms with Gasteiger partial charge in [-0.15, -0.1) is 0 Å². The first-order chi connectivity index (χ1) is 6.18. The Morgan fingerprint density at radius 3 is 1.54 bits per heavy atom. The summed E-state index contributed by atoms with van der Waals surface area (Å²) in [6, 6.07) is 0. The summed E-state index contributed by atoms with van der Waals surface area (Å²) >= 11 is 0. The molecule has 1 atom stereocenters. The van der Waals surface area contributed by atoms with Crippen molar-refractivity contribution in [1.82, 2.24) is 0 Å². The van der Waals surface area contributed by atoms with Crippen molar-refractivity contribution in [3.8, 4) is 0 Å². The molecule has 13 heavy (non-hydrogen) atoms. The second-order valence-corrected chi connectivity index (χ2v) is 2.87. The lowest BCUT2D eigenvalue weighted by atomic mass is 10.2. The van der Waals surface area contributed by atoms with Gasteiger partial charge in [-0.25, -0.2) is 0 Å². The second kappa shape index (κ2) is 14.4. The molecule has 0 aromatic carbocycles. The average Bonchev–Trinajstić information content (AvgIpc) is 2.07. The number of hydrogen-bond acceptors (Lipinski definition) is 4. The number of unbranched alkanes of at least 4 members (excludes halogenated alkanes) is 1. The van der Waals surface area contributed by atoms with Gasteiger partial charge in [-0.05, 0) is 32.6 Å². The lowest BCUT2D eigenvalue weighted by Gasteiger charge is -1.99. The Bertz CT molecular complexity index is 74.0. The Hall–Kier alpha value is -0.160. The van der Waals surface area contributed by atoms with E-state index in [2.05, 4.69) is 0 Å². The molecule has 1 unspecified atom stereocenters. The lowest BCUT2D eigenvalue weighted by Crippen LogP contribution is -1.98. The Morgan fingerprint density at radius 2 is 1.31 bits per heavy atom. The van der Waals surface area contributed by atoms with Gasteiger partial charge < -0.3 is 20.4 Å². The van der Waals surface area contributed by atoms with Gasteiger partial charge in [-0.3, -0.25) is 0 Å². The molecule has 0 aliphatic rings. The predicted molar refractivity (Wildman–Crippen MR) is 51.4 cm³/mol. The van der Waals surface area contributed by atoms with E-state index >= 15 is 0 Å². The van der Waals surface area contributed by atoms with Crippen LogP contribution in [-0.4, -0.2) is 46.4 Å². The molecule has 4 nitrogen and oxygen atoms in total. The van der Waals surface area contributed by atoms with Gasteiger partial charge in [0.05, 0.1) is 6.10 Å². The molecule has 4 N–H and O–H groups in total. The molecular formula is C9H22O4. The van der Waals surface area contributed by atoms with Gasteiger partial charge in [0.2, 0.25) is 0 Å². The quantitative estimate of drug-likeness (QED) is 0.445. The summed E-state index contributed by atoms with van der Waals surface area (Å²) < 4.78 is 0. The zero-order chi connectivity index (χ0) is 10.5. The van der Waals surface area contributed by atoms with E-state index in [1.807, 2.05) is 0 Å². The summed E-state index contributed by atoms with van der Waals surface area (Å²) in [6.45, 7) is 2.19. The summed E-state index contributed by atoms with van der Waals surface area (Å²) in [5.74, 6) is 0. The first-order valence-corrected chi connectivity index (χ1v) is 4.69. The molecule has 0 saturated carbocycles. The van der Waals surface area contributed by atoms with Crippen LogP contribution >= 0.6 is 0 Å². The number of aliphatic hydroxyl groups excluding tert-OH is 4. The van der Waals surface area contributed by atoms with Crippen molar-refractivity contribution in [3.63, 3.8) is 0 Å². The normalized spacial score (nSPS) is 11.8. The van der Waals surface area contributed by atoms with E-state index in [-0.39, 0.29) is 25.9 Å². The fraction of sp³-hybridized carbons (Fsp3) is 1.00. The maximum Gasteiger partial charge on any atom is 0.0512 e. The maximum atomic E-state index is 8.70. The van der Waals surface area contributed by atoms with Gasteiger partial charge in [0.1, 0.15) is 0 Å². The van der Waals surface area contributed by atoms with E-state index in [0.717, 1.165) is 19.3 Å². The van der Waals surface area contributed by atoms with Gasteiger partial charge in [0.15, 0.2) is 0 Å². The van der Waals surface area contributed by atoms with Crippen LogP contribution in [0.2, 0.25) is 0 Å². The smallest absolute Gasteiger partial charge is 0.0512 e. The van der Waals surface area contributed by atoms with E-state index in [1.54, 1.807) is 6.92 Å². The first kappa shape index (κ1) is 15.3. The van der Waals surface area contributed by atoms with Gasteiger partial charge in [-0.1, -0.05) is 0 Å². The number of hydrogen-bond donors (Lipinski definition) is 4. The Balaban J connectivity index is 0. The molecule has 4 heteroatoms. The zero-order valence-electron chi connectivity index (χ0n) is 8.32.